The molecule has 14 heteroatoms. The lowest BCUT2D eigenvalue weighted by atomic mass is 10.1. The highest BCUT2D eigenvalue weighted by Gasteiger charge is 2.38. The number of carboxylic acids is 1. The van der Waals surface area contributed by atoms with Gasteiger partial charge in [0.2, 0.25) is 0 Å². The van der Waals surface area contributed by atoms with Gasteiger partial charge in [-0.2, -0.15) is 13.2 Å². The van der Waals surface area contributed by atoms with Crippen LogP contribution < -0.4 is 19.7 Å². The summed E-state index contributed by atoms with van der Waals surface area (Å²) in [7, 11) is -3.86. The van der Waals surface area contributed by atoms with Gasteiger partial charge in [-0.1, -0.05) is 13.3 Å². The Bertz CT molecular complexity index is 1250. The van der Waals surface area contributed by atoms with Gasteiger partial charge in [-0.25, -0.2) is 13.2 Å². The molecule has 1 fully saturated rings. The third kappa shape index (κ3) is 10.1. The van der Waals surface area contributed by atoms with Crippen LogP contribution in [0.5, 0.6) is 5.75 Å². The maximum absolute atomic E-state index is 13.2. The molecule has 0 aliphatic carbocycles. The zero-order valence-electron chi connectivity index (χ0n) is 23.3. The van der Waals surface area contributed by atoms with Crippen molar-refractivity contribution in [1.29, 1.82) is 0 Å². The Morgan fingerprint density at radius 3 is 2.20 bits per heavy atom. The number of aliphatic carboxylic acids is 1. The van der Waals surface area contributed by atoms with Crippen LogP contribution in [0, 0.1) is 0 Å². The average Bonchev–Trinajstić information content (AvgIpc) is 2.94. The van der Waals surface area contributed by atoms with Crippen molar-refractivity contribution in [2.24, 2.45) is 0 Å². The van der Waals surface area contributed by atoms with Crippen LogP contribution in [0.15, 0.2) is 47.4 Å². The summed E-state index contributed by atoms with van der Waals surface area (Å²) in [5.74, 6) is -2.24. The fraction of sp³-hybridized carbons (Fsp3) is 0.481. The van der Waals surface area contributed by atoms with Gasteiger partial charge in [-0.05, 0) is 62.7 Å². The predicted molar refractivity (Wildman–Crippen MR) is 150 cm³/mol. The lowest BCUT2D eigenvalue weighted by molar-refractivity contribution is -0.192. The molecule has 3 N–H and O–H groups in total. The minimum atomic E-state index is -5.08. The van der Waals surface area contributed by atoms with Gasteiger partial charge in [-0.3, -0.25) is 9.52 Å². The van der Waals surface area contributed by atoms with Crippen molar-refractivity contribution in [3.05, 3.63) is 48.0 Å². The molecule has 228 valence electrons. The van der Waals surface area contributed by atoms with Gasteiger partial charge in [0, 0.05) is 44.8 Å². The highest BCUT2D eigenvalue weighted by atomic mass is 32.2. The Morgan fingerprint density at radius 1 is 1.07 bits per heavy atom. The molecule has 0 bridgehead atoms. The van der Waals surface area contributed by atoms with E-state index in [-0.39, 0.29) is 10.8 Å². The number of nitrogens with one attached hydrogen (secondary N) is 2. The third-order valence-electron chi connectivity index (χ3n) is 6.08. The van der Waals surface area contributed by atoms with Crippen LogP contribution in [0.25, 0.3) is 0 Å². The van der Waals surface area contributed by atoms with Crippen molar-refractivity contribution in [2.45, 2.75) is 44.7 Å². The molecule has 1 saturated heterocycles. The average molecular weight is 603 g/mol. The summed E-state index contributed by atoms with van der Waals surface area (Å²) in [4.78, 5) is 26.1. The number of unbranched alkanes of at least 4 members (excludes halogenated alkanes) is 1. The summed E-state index contributed by atoms with van der Waals surface area (Å²) in [6.07, 6.45) is -3.16. The minimum Gasteiger partial charge on any atom is -0.494 e. The molecular weight excluding hydrogens is 565 g/mol. The number of anilines is 2. The molecule has 0 aromatic heterocycles. The second kappa shape index (κ2) is 15.5. The molecule has 3 rings (SSSR count). The van der Waals surface area contributed by atoms with Gasteiger partial charge in [0.15, 0.2) is 0 Å². The van der Waals surface area contributed by atoms with E-state index in [1.807, 2.05) is 19.9 Å². The number of piperazine rings is 1. The largest absolute Gasteiger partial charge is 0.494 e. The molecule has 2 aromatic rings. The van der Waals surface area contributed by atoms with E-state index in [0.29, 0.717) is 36.7 Å². The van der Waals surface area contributed by atoms with Crippen LogP contribution in [-0.4, -0.2) is 82.4 Å². The van der Waals surface area contributed by atoms with E-state index in [1.54, 1.807) is 29.2 Å². The van der Waals surface area contributed by atoms with Gasteiger partial charge in [-0.15, -0.1) is 0 Å². The number of alkyl halides is 3. The van der Waals surface area contributed by atoms with Crippen molar-refractivity contribution in [3.8, 4) is 5.75 Å². The summed E-state index contributed by atoms with van der Waals surface area (Å²) in [5, 5.41) is 10.4. The first-order chi connectivity index (χ1) is 19.3. The van der Waals surface area contributed by atoms with Gasteiger partial charge < -0.3 is 25.0 Å². The summed E-state index contributed by atoms with van der Waals surface area (Å²) >= 11 is 0. The summed E-state index contributed by atoms with van der Waals surface area (Å²) < 4.78 is 66.4. The molecule has 10 nitrogen and oxygen atoms in total. The number of hydrogen-bond donors (Lipinski definition) is 3. The van der Waals surface area contributed by atoms with E-state index < -0.39 is 22.2 Å². The Kier molecular flexibility index (Phi) is 12.7. The van der Waals surface area contributed by atoms with E-state index >= 15 is 0 Å². The second-order valence-electron chi connectivity index (χ2n) is 9.02. The zero-order chi connectivity index (χ0) is 30.6. The Balaban J connectivity index is 0.000000745. The Hall–Kier alpha value is -3.52. The number of benzene rings is 2. The first kappa shape index (κ1) is 33.7. The highest BCUT2D eigenvalue weighted by Crippen LogP contribution is 2.31. The van der Waals surface area contributed by atoms with E-state index in [4.69, 9.17) is 14.6 Å². The molecule has 1 aliphatic rings. The number of amides is 1. The Labute approximate surface area is 238 Å². The third-order valence-corrected chi connectivity index (χ3v) is 7.46. The summed E-state index contributed by atoms with van der Waals surface area (Å²) in [6.45, 7) is 10.8. The topological polar surface area (TPSA) is 128 Å². The zero-order valence-corrected chi connectivity index (χ0v) is 24.1. The smallest absolute Gasteiger partial charge is 0.490 e. The molecule has 1 heterocycles. The molecule has 0 saturated carbocycles. The fourth-order valence-electron chi connectivity index (χ4n) is 3.95. The first-order valence-electron chi connectivity index (χ1n) is 13.3. The lowest BCUT2D eigenvalue weighted by Gasteiger charge is -2.31. The van der Waals surface area contributed by atoms with Gasteiger partial charge in [0.05, 0.1) is 22.9 Å². The first-order valence-corrected chi connectivity index (χ1v) is 14.8. The van der Waals surface area contributed by atoms with Crippen LogP contribution in [-0.2, 0) is 14.8 Å². The van der Waals surface area contributed by atoms with Gasteiger partial charge in [0.25, 0.3) is 15.9 Å². The molecule has 2 aromatic carbocycles. The molecule has 0 atom stereocenters. The number of carbonyl (C=O) groups excluding carboxylic acids is 1. The predicted octanol–water partition coefficient (Wildman–Crippen LogP) is 4.19. The van der Waals surface area contributed by atoms with Crippen LogP contribution in [0.1, 0.15) is 44.0 Å². The van der Waals surface area contributed by atoms with Crippen LogP contribution in [0.2, 0.25) is 0 Å². The maximum Gasteiger partial charge on any atom is 0.490 e. The highest BCUT2D eigenvalue weighted by molar-refractivity contribution is 7.92. The molecule has 41 heavy (non-hydrogen) atoms. The van der Waals surface area contributed by atoms with Crippen LogP contribution in [0.3, 0.4) is 0 Å². The molecule has 0 spiro atoms. The van der Waals surface area contributed by atoms with Crippen molar-refractivity contribution in [2.75, 3.05) is 55.5 Å². The van der Waals surface area contributed by atoms with Crippen LogP contribution in [0.4, 0.5) is 24.5 Å². The maximum atomic E-state index is 13.2. The van der Waals surface area contributed by atoms with Crippen molar-refractivity contribution in [3.63, 3.8) is 0 Å². The number of nitrogens with zero attached hydrogens (tertiary/aromatic N) is 2. The standard InChI is InChI=1S/C25H36N4O4S.C2HF3O2/c1-4-7-16-28(5-2)25(30)20-8-13-24(29-17-14-26-15-18-29)23(19-20)27-34(31,32)22-11-9-21(10-12-22)33-6-3;3-2(4,5)1(6)7/h8-13,19,26-27H,4-7,14-18H2,1-3H3;(H,6,7). The van der Waals surface area contributed by atoms with Crippen LogP contribution >= 0.6 is 0 Å². The minimum absolute atomic E-state index is 0.0932. The lowest BCUT2D eigenvalue weighted by Crippen LogP contribution is -2.43. The quantitative estimate of drug-likeness (QED) is 0.349. The molecule has 1 aliphatic heterocycles. The number of carboxylic acid groups (broad SMARTS) is 1. The normalized spacial score (nSPS) is 13.6. The number of rotatable bonds is 11. The van der Waals surface area contributed by atoms with Gasteiger partial charge >= 0.3 is 12.1 Å². The SMILES string of the molecule is CCCCN(CC)C(=O)c1ccc(N2CCNCC2)c(NS(=O)(=O)c2ccc(OCC)cc2)c1.O=C(O)C(F)(F)F. The molecule has 1 amide bonds. The Morgan fingerprint density at radius 2 is 1.68 bits per heavy atom. The van der Waals surface area contributed by atoms with Crippen molar-refractivity contribution in [1.82, 2.24) is 10.2 Å². The van der Waals surface area contributed by atoms with E-state index in [1.165, 1.54) is 12.1 Å². The van der Waals surface area contributed by atoms with Crippen molar-refractivity contribution < 1.29 is 41.0 Å². The molecule has 0 unspecified atom stereocenters. The number of halogens is 3. The number of hydrogen-bond acceptors (Lipinski definition) is 7. The summed E-state index contributed by atoms with van der Waals surface area (Å²) in [6, 6.07) is 11.6. The fourth-order valence-corrected chi connectivity index (χ4v) is 5.02. The van der Waals surface area contributed by atoms with E-state index in [2.05, 4.69) is 21.9 Å². The number of ether oxygens (including phenoxy) is 1. The van der Waals surface area contributed by atoms with E-state index in [0.717, 1.165) is 44.7 Å². The molecular formula is C27H37F3N4O6S. The molecule has 0 radical (unpaired) electrons. The van der Waals surface area contributed by atoms with Gasteiger partial charge in [0.1, 0.15) is 5.75 Å². The monoisotopic (exact) mass is 602 g/mol. The second-order valence-corrected chi connectivity index (χ2v) is 10.7. The number of carbonyl (C=O) groups is 2. The number of sulfonamides is 1. The van der Waals surface area contributed by atoms with E-state index in [9.17, 15) is 26.4 Å². The summed E-state index contributed by atoms with van der Waals surface area (Å²) in [5.41, 5.74) is 1.65. The van der Waals surface area contributed by atoms with Crippen molar-refractivity contribution >= 4 is 33.3 Å².